The van der Waals surface area contributed by atoms with E-state index in [1.54, 1.807) is 6.20 Å². The maximum atomic E-state index is 4.92. The van der Waals surface area contributed by atoms with E-state index >= 15 is 0 Å². The normalized spacial score (nSPS) is 23.9. The fraction of sp³-hybridized carbons (Fsp3) is 0.556. The summed E-state index contributed by atoms with van der Waals surface area (Å²) in [6.45, 7) is 1.24. The lowest BCUT2D eigenvalue weighted by Gasteiger charge is -2.35. The van der Waals surface area contributed by atoms with Gasteiger partial charge in [-0.2, -0.15) is 0 Å². The molecule has 3 heterocycles. The van der Waals surface area contributed by atoms with Crippen LogP contribution in [0.1, 0.15) is 56.7 Å². The molecule has 2 aromatic rings. The van der Waals surface area contributed by atoms with Gasteiger partial charge in [-0.15, -0.1) is 0 Å². The molecular weight excluding hydrogens is 272 g/mol. The molecule has 2 aromatic heterocycles. The Hall–Kier alpha value is -1.68. The summed E-state index contributed by atoms with van der Waals surface area (Å²) < 4.78 is 1.99. The Morgan fingerprint density at radius 2 is 1.91 bits per heavy atom. The number of imidazole rings is 1. The molecule has 1 saturated heterocycles. The maximum Gasteiger partial charge on any atom is 0.138 e. The minimum atomic E-state index is 0.506. The first-order valence-electron chi connectivity index (χ1n) is 8.63. The van der Waals surface area contributed by atoms with Gasteiger partial charge in [-0.1, -0.05) is 25.3 Å². The average molecular weight is 296 g/mol. The molecule has 2 fully saturated rings. The number of likely N-dealkylation sites (tertiary alicyclic amines) is 1. The predicted octanol–water partition coefficient (Wildman–Crippen LogP) is 3.74. The largest absolute Gasteiger partial charge is 0.292 e. The van der Waals surface area contributed by atoms with E-state index in [1.165, 1.54) is 57.2 Å². The molecular formula is C18H24N4. The number of hydrogen-bond acceptors (Lipinski definition) is 3. The van der Waals surface area contributed by atoms with Crippen molar-refractivity contribution in [2.45, 2.75) is 57.0 Å². The molecule has 1 aliphatic carbocycles. The van der Waals surface area contributed by atoms with Crippen molar-refractivity contribution in [3.05, 3.63) is 42.6 Å². The number of hydrogen-bond donors (Lipinski definition) is 0. The van der Waals surface area contributed by atoms with E-state index in [4.69, 9.17) is 4.98 Å². The average Bonchev–Trinajstić information content (AvgIpc) is 3.27. The van der Waals surface area contributed by atoms with Crippen LogP contribution in [0.25, 0.3) is 5.82 Å². The Morgan fingerprint density at radius 1 is 1.00 bits per heavy atom. The van der Waals surface area contributed by atoms with Gasteiger partial charge in [0, 0.05) is 18.4 Å². The zero-order chi connectivity index (χ0) is 14.8. The van der Waals surface area contributed by atoms with Crippen molar-refractivity contribution in [1.82, 2.24) is 19.4 Å². The highest BCUT2D eigenvalue weighted by molar-refractivity contribution is 5.26. The molecule has 4 heteroatoms. The van der Waals surface area contributed by atoms with Gasteiger partial charge in [0.2, 0.25) is 0 Å². The van der Waals surface area contributed by atoms with Crippen LogP contribution in [-0.4, -0.2) is 32.0 Å². The van der Waals surface area contributed by atoms with Crippen LogP contribution in [0.2, 0.25) is 0 Å². The molecule has 116 valence electrons. The first-order valence-corrected chi connectivity index (χ1v) is 8.63. The van der Waals surface area contributed by atoms with E-state index in [-0.39, 0.29) is 0 Å². The van der Waals surface area contributed by atoms with Crippen LogP contribution in [0.3, 0.4) is 0 Å². The van der Waals surface area contributed by atoms with E-state index in [9.17, 15) is 0 Å². The van der Waals surface area contributed by atoms with Crippen LogP contribution < -0.4 is 0 Å². The van der Waals surface area contributed by atoms with Crippen molar-refractivity contribution in [2.24, 2.45) is 0 Å². The van der Waals surface area contributed by atoms with Crippen molar-refractivity contribution < 1.29 is 0 Å². The van der Waals surface area contributed by atoms with E-state index in [0.29, 0.717) is 6.04 Å². The monoisotopic (exact) mass is 296 g/mol. The van der Waals surface area contributed by atoms with Crippen molar-refractivity contribution in [3.8, 4) is 5.82 Å². The summed E-state index contributed by atoms with van der Waals surface area (Å²) in [7, 11) is 0. The highest BCUT2D eigenvalue weighted by Crippen LogP contribution is 2.37. The Balaban J connectivity index is 1.59. The maximum absolute atomic E-state index is 4.92. The highest BCUT2D eigenvalue weighted by Gasteiger charge is 2.33. The predicted molar refractivity (Wildman–Crippen MR) is 86.9 cm³/mol. The van der Waals surface area contributed by atoms with Gasteiger partial charge in [0.05, 0.1) is 11.7 Å². The molecule has 4 rings (SSSR count). The zero-order valence-corrected chi connectivity index (χ0v) is 13.1. The summed E-state index contributed by atoms with van der Waals surface area (Å²) in [5.74, 6) is 0.977. The molecule has 22 heavy (non-hydrogen) atoms. The lowest BCUT2D eigenvalue weighted by atomic mass is 9.93. The third-order valence-electron chi connectivity index (χ3n) is 5.20. The van der Waals surface area contributed by atoms with Gasteiger partial charge in [-0.3, -0.25) is 9.47 Å². The first-order chi connectivity index (χ1) is 10.9. The molecule has 2 aliphatic rings. The summed E-state index contributed by atoms with van der Waals surface area (Å²) in [6.07, 6.45) is 15.1. The van der Waals surface area contributed by atoms with E-state index in [0.717, 1.165) is 11.9 Å². The van der Waals surface area contributed by atoms with Gasteiger partial charge in [-0.05, 0) is 44.4 Å². The SMILES string of the molecule is c1cc([C@H]2CCCN2C2CCCCC2)nc(-n2ccnc2)c1. The standard InChI is InChI=1S/C18H24N4/c1-2-6-15(7-3-1)22-12-5-9-17(22)16-8-4-10-18(20-16)21-13-11-19-14-21/h4,8,10-11,13-15,17H,1-3,5-7,9,12H2/t17-/m1/s1. The lowest BCUT2D eigenvalue weighted by Crippen LogP contribution is -2.36. The summed E-state index contributed by atoms with van der Waals surface area (Å²) in [6, 6.07) is 7.68. The van der Waals surface area contributed by atoms with Crippen molar-refractivity contribution in [1.29, 1.82) is 0 Å². The van der Waals surface area contributed by atoms with Gasteiger partial charge in [0.25, 0.3) is 0 Å². The Bertz CT molecular complexity index is 601. The van der Waals surface area contributed by atoms with Crippen LogP contribution in [0.15, 0.2) is 36.9 Å². The second kappa shape index (κ2) is 6.21. The van der Waals surface area contributed by atoms with Crippen molar-refractivity contribution in [2.75, 3.05) is 6.54 Å². The molecule has 1 aliphatic heterocycles. The van der Waals surface area contributed by atoms with E-state index < -0.39 is 0 Å². The fourth-order valence-electron chi connectivity index (χ4n) is 4.12. The summed E-state index contributed by atoms with van der Waals surface area (Å²) in [5, 5.41) is 0. The van der Waals surface area contributed by atoms with Crippen LogP contribution in [0, 0.1) is 0 Å². The molecule has 0 aromatic carbocycles. The number of rotatable bonds is 3. The van der Waals surface area contributed by atoms with E-state index in [1.807, 2.05) is 17.1 Å². The van der Waals surface area contributed by atoms with Gasteiger partial charge in [-0.25, -0.2) is 9.97 Å². The summed E-state index contributed by atoms with van der Waals surface area (Å²) in [5.41, 5.74) is 1.23. The topological polar surface area (TPSA) is 34.0 Å². The molecule has 0 spiro atoms. The summed E-state index contributed by atoms with van der Waals surface area (Å²) >= 11 is 0. The minimum absolute atomic E-state index is 0.506. The first kappa shape index (κ1) is 13.9. The lowest BCUT2D eigenvalue weighted by molar-refractivity contribution is 0.140. The summed E-state index contributed by atoms with van der Waals surface area (Å²) in [4.78, 5) is 11.8. The van der Waals surface area contributed by atoms with Crippen LogP contribution in [0.5, 0.6) is 0 Å². The van der Waals surface area contributed by atoms with Gasteiger partial charge in [0.15, 0.2) is 0 Å². The molecule has 0 unspecified atom stereocenters. The number of aromatic nitrogens is 3. The zero-order valence-electron chi connectivity index (χ0n) is 13.1. The smallest absolute Gasteiger partial charge is 0.138 e. The van der Waals surface area contributed by atoms with Crippen molar-refractivity contribution in [3.63, 3.8) is 0 Å². The molecule has 1 saturated carbocycles. The Labute approximate surface area is 132 Å². The highest BCUT2D eigenvalue weighted by atomic mass is 15.2. The molecule has 0 radical (unpaired) electrons. The minimum Gasteiger partial charge on any atom is -0.292 e. The van der Waals surface area contributed by atoms with Gasteiger partial charge < -0.3 is 0 Å². The second-order valence-electron chi connectivity index (χ2n) is 6.58. The Morgan fingerprint density at radius 3 is 2.73 bits per heavy atom. The van der Waals surface area contributed by atoms with E-state index in [2.05, 4.69) is 28.1 Å². The number of nitrogens with zero attached hydrogens (tertiary/aromatic N) is 4. The molecule has 4 nitrogen and oxygen atoms in total. The van der Waals surface area contributed by atoms with Crippen LogP contribution in [-0.2, 0) is 0 Å². The van der Waals surface area contributed by atoms with Crippen LogP contribution in [0.4, 0.5) is 0 Å². The number of pyridine rings is 1. The second-order valence-corrected chi connectivity index (χ2v) is 6.58. The molecule has 0 amide bonds. The fourth-order valence-corrected chi connectivity index (χ4v) is 4.12. The molecule has 1 atom stereocenters. The quantitative estimate of drug-likeness (QED) is 0.865. The van der Waals surface area contributed by atoms with Gasteiger partial charge >= 0.3 is 0 Å². The molecule has 0 N–H and O–H groups in total. The Kier molecular flexibility index (Phi) is 3.94. The third kappa shape index (κ3) is 2.68. The van der Waals surface area contributed by atoms with Gasteiger partial charge in [0.1, 0.15) is 12.1 Å². The van der Waals surface area contributed by atoms with Crippen LogP contribution >= 0.6 is 0 Å². The van der Waals surface area contributed by atoms with Crippen molar-refractivity contribution >= 4 is 0 Å². The third-order valence-corrected chi connectivity index (χ3v) is 5.20. The molecule has 0 bridgehead atoms.